The molecule has 1 atom stereocenters. The molecule has 0 aliphatic carbocycles. The summed E-state index contributed by atoms with van der Waals surface area (Å²) in [4.78, 5) is 11.2. The molecule has 2 N–H and O–H groups in total. The highest BCUT2D eigenvalue weighted by molar-refractivity contribution is 6.32. The molecule has 2 rings (SSSR count). The second kappa shape index (κ2) is 5.32. The van der Waals surface area contributed by atoms with Gasteiger partial charge >= 0.3 is 0 Å². The van der Waals surface area contributed by atoms with Crippen LogP contribution in [0.1, 0.15) is 12.8 Å². The fourth-order valence-corrected chi connectivity index (χ4v) is 1.89. The number of nitrogens with zero attached hydrogens (tertiary/aromatic N) is 1. The van der Waals surface area contributed by atoms with Crippen LogP contribution in [0.2, 0.25) is 5.02 Å². The summed E-state index contributed by atoms with van der Waals surface area (Å²) in [5.41, 5.74) is 0.211. The lowest BCUT2D eigenvalue weighted by atomic mass is 10.0. The van der Waals surface area contributed by atoms with Gasteiger partial charge in [-0.25, -0.2) is 5.10 Å². The zero-order valence-electron chi connectivity index (χ0n) is 8.83. The van der Waals surface area contributed by atoms with Crippen molar-refractivity contribution in [3.05, 3.63) is 21.6 Å². The van der Waals surface area contributed by atoms with E-state index in [-0.39, 0.29) is 10.6 Å². The van der Waals surface area contributed by atoms with Gasteiger partial charge in [-0.2, -0.15) is 5.10 Å². The Balaban J connectivity index is 1.93. The smallest absolute Gasteiger partial charge is 0.285 e. The number of ether oxygens (including phenoxy) is 1. The fourth-order valence-electron chi connectivity index (χ4n) is 1.73. The zero-order valence-corrected chi connectivity index (χ0v) is 9.59. The molecule has 0 spiro atoms. The molecular weight excluding hydrogens is 230 g/mol. The third kappa shape index (κ3) is 2.74. The lowest BCUT2D eigenvalue weighted by molar-refractivity contribution is 0.0595. The first-order chi connectivity index (χ1) is 7.77. The maximum absolute atomic E-state index is 11.2. The highest BCUT2D eigenvalue weighted by Crippen LogP contribution is 2.18. The molecular formula is C10H14ClN3O2. The van der Waals surface area contributed by atoms with Gasteiger partial charge in [0.25, 0.3) is 5.56 Å². The molecule has 2 heterocycles. The third-order valence-corrected chi connectivity index (χ3v) is 3.01. The minimum absolute atomic E-state index is 0.159. The van der Waals surface area contributed by atoms with Crippen LogP contribution in [0.3, 0.4) is 0 Å². The maximum Gasteiger partial charge on any atom is 0.285 e. The number of hydrogen-bond donors (Lipinski definition) is 2. The van der Waals surface area contributed by atoms with Gasteiger partial charge in [-0.1, -0.05) is 11.6 Å². The van der Waals surface area contributed by atoms with Crippen LogP contribution in [-0.4, -0.2) is 30.0 Å². The summed E-state index contributed by atoms with van der Waals surface area (Å²) < 4.78 is 5.37. The lowest BCUT2D eigenvalue weighted by Gasteiger charge is -2.22. The number of anilines is 1. The Kier molecular flexibility index (Phi) is 3.79. The van der Waals surface area contributed by atoms with Gasteiger partial charge in [0.15, 0.2) is 0 Å². The Bertz CT molecular complexity index is 401. The van der Waals surface area contributed by atoms with Crippen molar-refractivity contribution in [2.75, 3.05) is 25.1 Å². The number of hydrogen-bond acceptors (Lipinski definition) is 4. The Hall–Kier alpha value is -1.07. The van der Waals surface area contributed by atoms with Gasteiger partial charge in [0.2, 0.25) is 0 Å². The Morgan fingerprint density at radius 3 is 3.31 bits per heavy atom. The predicted molar refractivity (Wildman–Crippen MR) is 61.9 cm³/mol. The first-order valence-electron chi connectivity index (χ1n) is 5.32. The van der Waals surface area contributed by atoms with Crippen LogP contribution in [0.25, 0.3) is 0 Å². The van der Waals surface area contributed by atoms with E-state index in [1.165, 1.54) is 6.20 Å². The molecule has 1 saturated heterocycles. The van der Waals surface area contributed by atoms with Gasteiger partial charge in [0.05, 0.1) is 18.5 Å². The lowest BCUT2D eigenvalue weighted by Crippen LogP contribution is -2.25. The summed E-state index contributed by atoms with van der Waals surface area (Å²) >= 11 is 5.83. The second-order valence-electron chi connectivity index (χ2n) is 3.89. The minimum Gasteiger partial charge on any atom is -0.382 e. The van der Waals surface area contributed by atoms with E-state index in [9.17, 15) is 4.79 Å². The summed E-state index contributed by atoms with van der Waals surface area (Å²) in [5.74, 6) is 0.476. The van der Waals surface area contributed by atoms with E-state index in [0.29, 0.717) is 11.6 Å². The summed E-state index contributed by atoms with van der Waals surface area (Å²) in [7, 11) is 0. The van der Waals surface area contributed by atoms with E-state index < -0.39 is 0 Å². The zero-order chi connectivity index (χ0) is 11.4. The van der Waals surface area contributed by atoms with E-state index in [2.05, 4.69) is 15.5 Å². The summed E-state index contributed by atoms with van der Waals surface area (Å²) in [6, 6.07) is 0. The number of H-pyrrole nitrogens is 1. The van der Waals surface area contributed by atoms with E-state index >= 15 is 0 Å². The van der Waals surface area contributed by atoms with Crippen molar-refractivity contribution in [3.63, 3.8) is 0 Å². The predicted octanol–water partition coefficient (Wildman–Crippen LogP) is 1.26. The molecule has 88 valence electrons. The summed E-state index contributed by atoms with van der Waals surface area (Å²) in [6.07, 6.45) is 3.75. The first-order valence-corrected chi connectivity index (χ1v) is 5.70. The van der Waals surface area contributed by atoms with Crippen molar-refractivity contribution < 1.29 is 4.74 Å². The average molecular weight is 244 g/mol. The van der Waals surface area contributed by atoms with E-state index in [1.54, 1.807) is 0 Å². The Morgan fingerprint density at radius 2 is 2.56 bits per heavy atom. The quantitative estimate of drug-likeness (QED) is 0.839. The van der Waals surface area contributed by atoms with Gasteiger partial charge in [0, 0.05) is 13.2 Å². The van der Waals surface area contributed by atoms with E-state index in [1.807, 2.05) is 0 Å². The van der Waals surface area contributed by atoms with Crippen molar-refractivity contribution in [1.82, 2.24) is 10.2 Å². The molecule has 6 heteroatoms. The number of aromatic nitrogens is 2. The molecule has 16 heavy (non-hydrogen) atoms. The van der Waals surface area contributed by atoms with Gasteiger partial charge in [0.1, 0.15) is 5.02 Å². The minimum atomic E-state index is -0.369. The summed E-state index contributed by atoms with van der Waals surface area (Å²) in [5, 5.41) is 9.26. The molecule has 1 aliphatic heterocycles. The van der Waals surface area contributed by atoms with Crippen LogP contribution in [-0.2, 0) is 4.74 Å². The monoisotopic (exact) mass is 243 g/mol. The molecule has 0 aromatic carbocycles. The normalized spacial score (nSPS) is 20.7. The average Bonchev–Trinajstić information content (AvgIpc) is 2.32. The molecule has 0 saturated carbocycles. The highest BCUT2D eigenvalue weighted by atomic mass is 35.5. The van der Waals surface area contributed by atoms with Gasteiger partial charge in [-0.05, 0) is 18.8 Å². The SMILES string of the molecule is O=c1[nH]ncc(NC[C@H]2CCCOC2)c1Cl. The fraction of sp³-hybridized carbons (Fsp3) is 0.600. The molecule has 5 nitrogen and oxygen atoms in total. The second-order valence-corrected chi connectivity index (χ2v) is 4.27. The molecule has 0 amide bonds. The number of rotatable bonds is 3. The van der Waals surface area contributed by atoms with Crippen LogP contribution in [0.4, 0.5) is 5.69 Å². The van der Waals surface area contributed by atoms with Gasteiger partial charge in [-0.3, -0.25) is 4.79 Å². The van der Waals surface area contributed by atoms with Gasteiger partial charge < -0.3 is 10.1 Å². The first kappa shape index (κ1) is 11.4. The van der Waals surface area contributed by atoms with Crippen LogP contribution in [0, 0.1) is 5.92 Å². The van der Waals surface area contributed by atoms with E-state index in [0.717, 1.165) is 32.6 Å². The Morgan fingerprint density at radius 1 is 1.69 bits per heavy atom. The van der Waals surface area contributed by atoms with Crippen LogP contribution >= 0.6 is 11.6 Å². The topological polar surface area (TPSA) is 67.0 Å². The van der Waals surface area contributed by atoms with Crippen molar-refractivity contribution in [3.8, 4) is 0 Å². The highest BCUT2D eigenvalue weighted by Gasteiger charge is 2.14. The van der Waals surface area contributed by atoms with Gasteiger partial charge in [-0.15, -0.1) is 0 Å². The maximum atomic E-state index is 11.2. The van der Waals surface area contributed by atoms with Crippen molar-refractivity contribution in [2.45, 2.75) is 12.8 Å². The van der Waals surface area contributed by atoms with Crippen molar-refractivity contribution in [1.29, 1.82) is 0 Å². The molecule has 0 radical (unpaired) electrons. The van der Waals surface area contributed by atoms with E-state index in [4.69, 9.17) is 16.3 Å². The molecule has 1 aliphatic rings. The van der Waals surface area contributed by atoms with Crippen molar-refractivity contribution >= 4 is 17.3 Å². The molecule has 1 aromatic rings. The van der Waals surface area contributed by atoms with Crippen LogP contribution in [0.15, 0.2) is 11.0 Å². The largest absolute Gasteiger partial charge is 0.382 e. The number of nitrogens with one attached hydrogen (secondary N) is 2. The standard InChI is InChI=1S/C10H14ClN3O2/c11-9-8(5-13-14-10(9)15)12-4-7-2-1-3-16-6-7/h5,7H,1-4,6H2,(H2,12,14,15)/t7-/m1/s1. The van der Waals surface area contributed by atoms with Crippen LogP contribution < -0.4 is 10.9 Å². The number of halogens is 1. The Labute approximate surface area is 98.2 Å². The van der Waals surface area contributed by atoms with Crippen molar-refractivity contribution in [2.24, 2.45) is 5.92 Å². The summed E-state index contributed by atoms with van der Waals surface area (Å²) in [6.45, 7) is 2.37. The molecule has 1 fully saturated rings. The molecule has 0 unspecified atom stereocenters. The molecule has 1 aromatic heterocycles. The number of aromatic amines is 1. The molecule has 0 bridgehead atoms. The third-order valence-electron chi connectivity index (χ3n) is 2.63. The van der Waals surface area contributed by atoms with Crippen LogP contribution in [0.5, 0.6) is 0 Å².